The highest BCUT2D eigenvalue weighted by Crippen LogP contribution is 2.17. The van der Waals surface area contributed by atoms with E-state index < -0.39 is 6.10 Å². The minimum atomic E-state index is -0.519. The Labute approximate surface area is 122 Å². The number of ether oxygens (including phenoxy) is 1. The predicted molar refractivity (Wildman–Crippen MR) is 81.4 cm³/mol. The Morgan fingerprint density at radius 2 is 1.70 bits per heavy atom. The smallest absolute Gasteiger partial charge is 0.333 e. The molecule has 1 atom stereocenters. The third-order valence-electron chi connectivity index (χ3n) is 3.63. The minimum absolute atomic E-state index is 0.141. The number of cyclic esters (lactones) is 1. The first-order valence-corrected chi connectivity index (χ1v) is 7.89. The van der Waals surface area contributed by atoms with Crippen molar-refractivity contribution in [3.63, 3.8) is 0 Å². The first-order valence-electron chi connectivity index (χ1n) is 7.89. The van der Waals surface area contributed by atoms with E-state index in [1.807, 2.05) is 12.2 Å². The number of carbonyl (C=O) groups excluding carboxylic acids is 1. The van der Waals surface area contributed by atoms with Crippen molar-refractivity contribution in [3.05, 3.63) is 24.3 Å². The second kappa shape index (κ2) is 10.7. The highest BCUT2D eigenvalue weighted by Gasteiger charge is 2.22. The molecule has 3 heteroatoms. The molecule has 1 aliphatic heterocycles. The highest BCUT2D eigenvalue weighted by molar-refractivity contribution is 5.89. The lowest BCUT2D eigenvalue weighted by Crippen LogP contribution is -2.27. The second-order valence-electron chi connectivity index (χ2n) is 5.53. The van der Waals surface area contributed by atoms with Crippen LogP contribution in [0.3, 0.4) is 0 Å². The molecule has 0 radical (unpaired) electrons. The van der Waals surface area contributed by atoms with Crippen LogP contribution in [-0.4, -0.2) is 23.8 Å². The summed E-state index contributed by atoms with van der Waals surface area (Å²) in [6.07, 6.45) is 14.7. The molecule has 114 valence electrons. The largest absolute Gasteiger partial charge is 0.460 e. The van der Waals surface area contributed by atoms with Gasteiger partial charge in [0.1, 0.15) is 6.61 Å². The van der Waals surface area contributed by atoms with Crippen LogP contribution < -0.4 is 0 Å². The van der Waals surface area contributed by atoms with E-state index >= 15 is 0 Å². The van der Waals surface area contributed by atoms with Gasteiger partial charge in [0.25, 0.3) is 0 Å². The molecular weight excluding hydrogens is 252 g/mol. The molecule has 1 heterocycles. The van der Waals surface area contributed by atoms with Crippen LogP contribution in [-0.2, 0) is 9.53 Å². The lowest BCUT2D eigenvalue weighted by atomic mass is 10.0. The number of hydrogen-bond acceptors (Lipinski definition) is 3. The summed E-state index contributed by atoms with van der Waals surface area (Å²) in [7, 11) is 0. The summed E-state index contributed by atoms with van der Waals surface area (Å²) in [4.78, 5) is 11.4. The molecule has 0 amide bonds. The van der Waals surface area contributed by atoms with Crippen LogP contribution in [0.4, 0.5) is 0 Å². The van der Waals surface area contributed by atoms with E-state index in [1.165, 1.54) is 38.5 Å². The van der Waals surface area contributed by atoms with Gasteiger partial charge < -0.3 is 9.84 Å². The Hall–Kier alpha value is -1.09. The lowest BCUT2D eigenvalue weighted by Gasteiger charge is -2.19. The average molecular weight is 280 g/mol. The van der Waals surface area contributed by atoms with Crippen LogP contribution in [0.2, 0.25) is 0 Å². The molecule has 1 unspecified atom stereocenters. The topological polar surface area (TPSA) is 46.5 Å². The van der Waals surface area contributed by atoms with Crippen molar-refractivity contribution in [3.8, 4) is 0 Å². The van der Waals surface area contributed by atoms with Gasteiger partial charge in [-0.25, -0.2) is 4.79 Å². The van der Waals surface area contributed by atoms with Crippen LogP contribution in [0.25, 0.3) is 0 Å². The highest BCUT2D eigenvalue weighted by atomic mass is 16.5. The minimum Gasteiger partial charge on any atom is -0.460 e. The second-order valence-corrected chi connectivity index (χ2v) is 5.53. The molecule has 1 N–H and O–H groups in total. The van der Waals surface area contributed by atoms with Gasteiger partial charge in [0.2, 0.25) is 0 Å². The predicted octanol–water partition coefficient (Wildman–Crippen LogP) is 3.92. The quantitative estimate of drug-likeness (QED) is 0.285. The van der Waals surface area contributed by atoms with Gasteiger partial charge in [0.15, 0.2) is 0 Å². The van der Waals surface area contributed by atoms with Gasteiger partial charge in [-0.05, 0) is 25.7 Å². The molecule has 0 aromatic carbocycles. The Kier molecular flexibility index (Phi) is 9.05. The van der Waals surface area contributed by atoms with Gasteiger partial charge >= 0.3 is 5.97 Å². The van der Waals surface area contributed by atoms with E-state index in [1.54, 1.807) is 0 Å². The number of rotatable bonds is 10. The van der Waals surface area contributed by atoms with Gasteiger partial charge in [-0.2, -0.15) is 0 Å². The number of carbonyl (C=O) groups is 1. The third-order valence-corrected chi connectivity index (χ3v) is 3.63. The number of esters is 1. The van der Waals surface area contributed by atoms with Gasteiger partial charge in [0.05, 0.1) is 6.10 Å². The molecule has 3 nitrogen and oxygen atoms in total. The van der Waals surface area contributed by atoms with E-state index in [0.29, 0.717) is 12.0 Å². The van der Waals surface area contributed by atoms with E-state index in [4.69, 9.17) is 4.74 Å². The molecular formula is C17H28O3. The third kappa shape index (κ3) is 7.49. The summed E-state index contributed by atoms with van der Waals surface area (Å²) >= 11 is 0. The zero-order chi connectivity index (χ0) is 14.6. The molecule has 0 aliphatic carbocycles. The zero-order valence-corrected chi connectivity index (χ0v) is 12.5. The monoisotopic (exact) mass is 280 g/mol. The van der Waals surface area contributed by atoms with Crippen molar-refractivity contribution in [2.45, 2.75) is 70.3 Å². The molecule has 1 rings (SSSR count). The van der Waals surface area contributed by atoms with Crippen LogP contribution in [0.5, 0.6) is 0 Å². The van der Waals surface area contributed by atoms with Crippen molar-refractivity contribution < 1.29 is 14.6 Å². The normalized spacial score (nSPS) is 20.9. The number of allylic oxidation sites excluding steroid dienone is 2. The van der Waals surface area contributed by atoms with Crippen molar-refractivity contribution in [2.24, 2.45) is 0 Å². The molecule has 1 fully saturated rings. The van der Waals surface area contributed by atoms with Crippen molar-refractivity contribution in [1.82, 2.24) is 0 Å². The van der Waals surface area contributed by atoms with Crippen molar-refractivity contribution >= 4 is 5.97 Å². The molecule has 0 saturated carbocycles. The molecule has 0 spiro atoms. The summed E-state index contributed by atoms with van der Waals surface area (Å²) in [5.41, 5.74) is 0.646. The average Bonchev–Trinajstić information content (AvgIpc) is 2.44. The molecule has 0 aromatic heterocycles. The summed E-state index contributed by atoms with van der Waals surface area (Å²) in [6, 6.07) is 0. The van der Waals surface area contributed by atoms with E-state index in [9.17, 15) is 9.90 Å². The number of aliphatic hydroxyl groups is 1. The Balaban J connectivity index is 1.98. The van der Waals surface area contributed by atoms with Gasteiger partial charge in [0, 0.05) is 12.0 Å². The number of hydrogen-bond donors (Lipinski definition) is 1. The van der Waals surface area contributed by atoms with Crippen molar-refractivity contribution in [1.29, 1.82) is 0 Å². The van der Waals surface area contributed by atoms with Gasteiger partial charge in [-0.1, -0.05) is 44.3 Å². The van der Waals surface area contributed by atoms with Crippen LogP contribution in [0, 0.1) is 0 Å². The van der Waals surface area contributed by atoms with Crippen LogP contribution >= 0.6 is 0 Å². The Morgan fingerprint density at radius 3 is 2.35 bits per heavy atom. The van der Waals surface area contributed by atoms with Crippen molar-refractivity contribution in [2.75, 3.05) is 6.61 Å². The molecule has 0 bridgehead atoms. The van der Waals surface area contributed by atoms with E-state index in [-0.39, 0.29) is 12.6 Å². The van der Waals surface area contributed by atoms with Gasteiger partial charge in [-0.3, -0.25) is 0 Å². The summed E-state index contributed by atoms with van der Waals surface area (Å²) in [6.45, 7) is 3.86. The molecule has 1 saturated heterocycles. The summed E-state index contributed by atoms with van der Waals surface area (Å²) < 4.78 is 4.88. The maximum atomic E-state index is 11.4. The zero-order valence-electron chi connectivity index (χ0n) is 12.5. The van der Waals surface area contributed by atoms with Crippen LogP contribution in [0.1, 0.15) is 64.2 Å². The molecule has 20 heavy (non-hydrogen) atoms. The SMILES string of the molecule is C=CCCCCCCCCC/C=C1/CC(O)COC1=O. The fourth-order valence-corrected chi connectivity index (χ4v) is 2.42. The fourth-order valence-electron chi connectivity index (χ4n) is 2.42. The maximum absolute atomic E-state index is 11.4. The maximum Gasteiger partial charge on any atom is 0.333 e. The Morgan fingerprint density at radius 1 is 1.10 bits per heavy atom. The first-order chi connectivity index (χ1) is 9.74. The van der Waals surface area contributed by atoms with Crippen LogP contribution in [0.15, 0.2) is 24.3 Å². The van der Waals surface area contributed by atoms with Gasteiger partial charge in [-0.15, -0.1) is 6.58 Å². The first kappa shape index (κ1) is 17.0. The number of aliphatic hydroxyl groups excluding tert-OH is 1. The Bertz CT molecular complexity index is 320. The lowest BCUT2D eigenvalue weighted by molar-refractivity contribution is -0.146. The fraction of sp³-hybridized carbons (Fsp3) is 0.706. The summed E-state index contributed by atoms with van der Waals surface area (Å²) in [5, 5.41) is 9.43. The molecule has 0 aromatic rings. The standard InChI is InChI=1S/C17H28O3/c1-2-3-4-5-6-7-8-9-10-11-12-15-13-16(18)14-20-17(15)19/h2,12,16,18H,1,3-11,13-14H2/b15-12-. The van der Waals surface area contributed by atoms with E-state index in [0.717, 1.165) is 19.3 Å². The summed E-state index contributed by atoms with van der Waals surface area (Å²) in [5.74, 6) is -0.252. The number of unbranched alkanes of at least 4 members (excludes halogenated alkanes) is 8. The van der Waals surface area contributed by atoms with E-state index in [2.05, 4.69) is 6.58 Å². The molecule has 1 aliphatic rings.